The number of hydrogen-bond acceptors (Lipinski definition) is 4. The summed E-state index contributed by atoms with van der Waals surface area (Å²) in [5.74, 6) is -0.173. The predicted octanol–water partition coefficient (Wildman–Crippen LogP) is 2.60. The van der Waals surface area contributed by atoms with Gasteiger partial charge < -0.3 is 14.3 Å². The lowest BCUT2D eigenvalue weighted by molar-refractivity contribution is -0.156. The van der Waals surface area contributed by atoms with Crippen LogP contribution in [0.2, 0.25) is 0 Å². The summed E-state index contributed by atoms with van der Waals surface area (Å²) in [4.78, 5) is 0. The van der Waals surface area contributed by atoms with Crippen molar-refractivity contribution in [3.8, 4) is 0 Å². The third kappa shape index (κ3) is 2.94. The van der Waals surface area contributed by atoms with E-state index in [1.54, 1.807) is 16.9 Å². The minimum absolute atomic E-state index is 0.0311. The molecule has 0 fully saturated rings. The van der Waals surface area contributed by atoms with E-state index in [1.165, 1.54) is 0 Å². The molecule has 1 atom stereocenters. The van der Waals surface area contributed by atoms with Crippen molar-refractivity contribution in [3.63, 3.8) is 0 Å². The number of nitrogens with zero attached hydrogens (tertiary/aromatic N) is 3. The normalized spacial score (nSPS) is 18.7. The Labute approximate surface area is 119 Å². The zero-order valence-corrected chi connectivity index (χ0v) is 11.2. The van der Waals surface area contributed by atoms with Gasteiger partial charge in [0.1, 0.15) is 23.3 Å². The van der Waals surface area contributed by atoms with E-state index in [4.69, 9.17) is 4.42 Å². The number of furan rings is 1. The molecule has 0 spiro atoms. The summed E-state index contributed by atoms with van der Waals surface area (Å²) >= 11 is 0. The van der Waals surface area contributed by atoms with Crippen LogP contribution in [-0.4, -0.2) is 20.9 Å². The monoisotopic (exact) mass is 300 g/mol. The summed E-state index contributed by atoms with van der Waals surface area (Å²) in [5.41, 5.74) is 0. The summed E-state index contributed by atoms with van der Waals surface area (Å²) in [5, 5.41) is 10.7. The molecule has 2 aromatic rings. The molecule has 0 saturated carbocycles. The van der Waals surface area contributed by atoms with Crippen LogP contribution in [0.4, 0.5) is 13.2 Å². The average molecular weight is 300 g/mol. The van der Waals surface area contributed by atoms with Crippen LogP contribution in [0.1, 0.15) is 36.2 Å². The Bertz CT molecular complexity index is 591. The van der Waals surface area contributed by atoms with Crippen molar-refractivity contribution in [2.24, 2.45) is 0 Å². The molecule has 0 amide bonds. The van der Waals surface area contributed by atoms with Gasteiger partial charge in [-0.25, -0.2) is 0 Å². The number of fused-ring (bicyclic) bond motifs is 1. The zero-order valence-electron chi connectivity index (χ0n) is 11.2. The fourth-order valence-corrected chi connectivity index (χ4v) is 2.58. The molecule has 8 heteroatoms. The van der Waals surface area contributed by atoms with Crippen LogP contribution in [0.15, 0.2) is 22.8 Å². The summed E-state index contributed by atoms with van der Waals surface area (Å²) < 4.78 is 45.6. The molecule has 1 N–H and O–H groups in total. The van der Waals surface area contributed by atoms with Crippen LogP contribution in [0.5, 0.6) is 0 Å². The average Bonchev–Trinajstić information content (AvgIpc) is 3.07. The van der Waals surface area contributed by atoms with E-state index in [0.717, 1.165) is 5.76 Å². The summed E-state index contributed by atoms with van der Waals surface area (Å²) in [6, 6.07) is 3.61. The number of halogens is 3. The topological polar surface area (TPSA) is 55.9 Å². The van der Waals surface area contributed by atoms with Gasteiger partial charge in [-0.15, -0.1) is 10.2 Å². The van der Waals surface area contributed by atoms with Crippen LogP contribution in [0, 0.1) is 0 Å². The minimum atomic E-state index is -4.26. The second-order valence-electron chi connectivity index (χ2n) is 5.05. The van der Waals surface area contributed by atoms with Crippen LogP contribution in [0.3, 0.4) is 0 Å². The number of aromatic nitrogens is 3. The third-order valence-corrected chi connectivity index (χ3v) is 3.60. The first-order valence-corrected chi connectivity index (χ1v) is 6.77. The fraction of sp³-hybridized carbons (Fsp3) is 0.538. The quantitative estimate of drug-likeness (QED) is 0.943. The van der Waals surface area contributed by atoms with E-state index >= 15 is 0 Å². The van der Waals surface area contributed by atoms with Crippen LogP contribution in [0.25, 0.3) is 0 Å². The SMILES string of the molecule is FC(F)(F)C1CCCn2c(CNCc3ccco3)nnc21. The van der Waals surface area contributed by atoms with E-state index in [-0.39, 0.29) is 12.2 Å². The van der Waals surface area contributed by atoms with Crippen LogP contribution in [-0.2, 0) is 19.6 Å². The van der Waals surface area contributed by atoms with Gasteiger partial charge in [0.05, 0.1) is 19.4 Å². The molecule has 5 nitrogen and oxygen atoms in total. The van der Waals surface area contributed by atoms with E-state index in [0.29, 0.717) is 31.9 Å². The lowest BCUT2D eigenvalue weighted by atomic mass is 9.98. The van der Waals surface area contributed by atoms with Gasteiger partial charge in [-0.3, -0.25) is 0 Å². The molecule has 114 valence electrons. The first-order valence-electron chi connectivity index (χ1n) is 6.77. The molecule has 21 heavy (non-hydrogen) atoms. The van der Waals surface area contributed by atoms with Crippen molar-refractivity contribution in [1.82, 2.24) is 20.1 Å². The van der Waals surface area contributed by atoms with Gasteiger partial charge in [-0.1, -0.05) is 0 Å². The van der Waals surface area contributed by atoms with Crippen LogP contribution < -0.4 is 5.32 Å². The molecule has 1 aliphatic rings. The van der Waals surface area contributed by atoms with Gasteiger partial charge in [-0.2, -0.15) is 13.2 Å². The molecule has 0 radical (unpaired) electrons. The molecule has 0 aliphatic carbocycles. The summed E-state index contributed by atoms with van der Waals surface area (Å²) in [6.07, 6.45) is -2.12. The van der Waals surface area contributed by atoms with Gasteiger partial charge in [0.15, 0.2) is 0 Å². The van der Waals surface area contributed by atoms with Gasteiger partial charge in [-0.05, 0) is 25.0 Å². The zero-order chi connectivity index (χ0) is 14.9. The lowest BCUT2D eigenvalue weighted by Crippen LogP contribution is -2.29. The standard InChI is InChI=1S/C13H15F3N4O/c14-13(15,16)10-4-1-5-20-11(18-19-12(10)20)8-17-7-9-3-2-6-21-9/h2-3,6,10,17H,1,4-5,7-8H2. The van der Waals surface area contributed by atoms with Gasteiger partial charge in [0.2, 0.25) is 0 Å². The number of hydrogen-bond donors (Lipinski definition) is 1. The van der Waals surface area contributed by atoms with Crippen molar-refractivity contribution in [3.05, 3.63) is 35.8 Å². The highest BCUT2D eigenvalue weighted by Crippen LogP contribution is 2.40. The fourth-order valence-electron chi connectivity index (χ4n) is 2.58. The van der Waals surface area contributed by atoms with Crippen molar-refractivity contribution < 1.29 is 17.6 Å². The summed E-state index contributed by atoms with van der Waals surface area (Å²) in [6.45, 7) is 1.39. The first kappa shape index (κ1) is 14.1. The Morgan fingerprint density at radius 1 is 1.33 bits per heavy atom. The van der Waals surface area contributed by atoms with E-state index in [2.05, 4.69) is 15.5 Å². The molecule has 0 bridgehead atoms. The van der Waals surface area contributed by atoms with Gasteiger partial charge in [0.25, 0.3) is 0 Å². The highest BCUT2D eigenvalue weighted by molar-refractivity contribution is 5.08. The van der Waals surface area contributed by atoms with Crippen molar-refractivity contribution >= 4 is 0 Å². The molecular weight excluding hydrogens is 285 g/mol. The van der Waals surface area contributed by atoms with E-state index in [1.807, 2.05) is 6.07 Å². The maximum absolute atomic E-state index is 13.0. The molecule has 3 rings (SSSR count). The molecule has 0 saturated heterocycles. The molecule has 1 aliphatic heterocycles. The Morgan fingerprint density at radius 2 is 2.19 bits per heavy atom. The minimum Gasteiger partial charge on any atom is -0.468 e. The van der Waals surface area contributed by atoms with Crippen molar-refractivity contribution in [2.75, 3.05) is 0 Å². The maximum Gasteiger partial charge on any atom is 0.398 e. The number of nitrogens with one attached hydrogen (secondary N) is 1. The molecule has 2 aromatic heterocycles. The largest absolute Gasteiger partial charge is 0.468 e. The van der Waals surface area contributed by atoms with Crippen molar-refractivity contribution in [2.45, 2.75) is 44.6 Å². The second kappa shape index (κ2) is 5.51. The maximum atomic E-state index is 13.0. The molecule has 0 aromatic carbocycles. The highest BCUT2D eigenvalue weighted by Gasteiger charge is 2.45. The molecular formula is C13H15F3N4O. The Hall–Kier alpha value is -1.83. The Balaban J connectivity index is 1.69. The lowest BCUT2D eigenvalue weighted by Gasteiger charge is -2.25. The second-order valence-corrected chi connectivity index (χ2v) is 5.05. The van der Waals surface area contributed by atoms with Gasteiger partial charge >= 0.3 is 6.18 Å². The van der Waals surface area contributed by atoms with Crippen LogP contribution >= 0.6 is 0 Å². The van der Waals surface area contributed by atoms with E-state index < -0.39 is 12.1 Å². The molecule has 3 heterocycles. The molecule has 1 unspecified atom stereocenters. The van der Waals surface area contributed by atoms with Crippen molar-refractivity contribution in [1.29, 1.82) is 0 Å². The highest BCUT2D eigenvalue weighted by atomic mass is 19.4. The van der Waals surface area contributed by atoms with E-state index in [9.17, 15) is 13.2 Å². The Kier molecular flexibility index (Phi) is 3.71. The smallest absolute Gasteiger partial charge is 0.398 e. The Morgan fingerprint density at radius 3 is 2.90 bits per heavy atom. The third-order valence-electron chi connectivity index (χ3n) is 3.60. The number of alkyl halides is 3. The van der Waals surface area contributed by atoms with Gasteiger partial charge in [0, 0.05) is 6.54 Å². The summed E-state index contributed by atoms with van der Waals surface area (Å²) in [7, 11) is 0. The predicted molar refractivity (Wildman–Crippen MR) is 67.3 cm³/mol. The number of rotatable bonds is 4. The first-order chi connectivity index (χ1) is 10.1.